The molecule has 0 atom stereocenters. The summed E-state index contributed by atoms with van der Waals surface area (Å²) in [5.74, 6) is -0.843. The van der Waals surface area contributed by atoms with Gasteiger partial charge in [0.15, 0.2) is 5.43 Å². The Morgan fingerprint density at radius 2 is 2.24 bits per heavy atom. The fourth-order valence-corrected chi connectivity index (χ4v) is 1.46. The summed E-state index contributed by atoms with van der Waals surface area (Å²) in [6.45, 7) is 0. The normalized spacial score (nSPS) is 10.6. The molecule has 1 aromatic rings. The first-order valence-corrected chi connectivity index (χ1v) is 5.19. The number of H-pyrrole nitrogens is 1. The monoisotopic (exact) mass is 265 g/mol. The van der Waals surface area contributed by atoms with Gasteiger partial charge in [0, 0.05) is 17.3 Å². The molecule has 0 aliphatic heterocycles. The lowest BCUT2D eigenvalue weighted by Gasteiger charge is -2.09. The summed E-state index contributed by atoms with van der Waals surface area (Å²) in [5, 5.41) is 0. The fraction of sp³-hybridized carbons (Fsp3) is 0.400. The number of carbonyl (C=O) groups is 1. The number of ether oxygens (including phenoxy) is 1. The molecule has 1 aromatic heterocycles. The van der Waals surface area contributed by atoms with Gasteiger partial charge in [-0.3, -0.25) is 9.59 Å². The zero-order valence-electron chi connectivity index (χ0n) is 8.93. The highest BCUT2D eigenvalue weighted by molar-refractivity contribution is 6.16. The Morgan fingerprint density at radius 3 is 2.71 bits per heavy atom. The van der Waals surface area contributed by atoms with Gasteiger partial charge in [0.1, 0.15) is 0 Å². The molecule has 0 saturated heterocycles. The van der Waals surface area contributed by atoms with Gasteiger partial charge in [0.05, 0.1) is 25.1 Å². The van der Waals surface area contributed by atoms with Crippen molar-refractivity contribution >= 4 is 17.6 Å². The minimum absolute atomic E-state index is 0.0898. The third-order valence-electron chi connectivity index (χ3n) is 2.13. The molecule has 17 heavy (non-hydrogen) atoms. The van der Waals surface area contributed by atoms with Gasteiger partial charge in [-0.2, -0.15) is 0 Å². The molecule has 4 nitrogen and oxygen atoms in total. The van der Waals surface area contributed by atoms with Crippen molar-refractivity contribution in [1.29, 1.82) is 0 Å². The number of rotatable bonds is 4. The van der Waals surface area contributed by atoms with E-state index in [-0.39, 0.29) is 17.1 Å². The van der Waals surface area contributed by atoms with E-state index in [0.717, 1.165) is 13.2 Å². The largest absolute Gasteiger partial charge is 0.469 e. The fourth-order valence-electron chi connectivity index (χ4n) is 1.32. The lowest BCUT2D eigenvalue weighted by molar-refractivity contribution is -0.139. The van der Waals surface area contributed by atoms with Crippen molar-refractivity contribution in [2.75, 3.05) is 7.11 Å². The lowest BCUT2D eigenvalue weighted by Crippen LogP contribution is -2.19. The Labute approximate surface area is 101 Å². The van der Waals surface area contributed by atoms with Gasteiger partial charge >= 0.3 is 5.97 Å². The number of methoxy groups -OCH3 is 1. The summed E-state index contributed by atoms with van der Waals surface area (Å²) in [6, 6.07) is 1.09. The Bertz CT molecular complexity index is 473. The number of carbonyl (C=O) groups excluding carboxylic acids is 1. The van der Waals surface area contributed by atoms with Crippen LogP contribution in [0.15, 0.2) is 10.9 Å². The molecule has 94 valence electrons. The maximum Gasteiger partial charge on any atom is 0.310 e. The van der Waals surface area contributed by atoms with E-state index in [1.807, 2.05) is 0 Å². The average molecular weight is 266 g/mol. The number of alkyl halides is 3. The van der Waals surface area contributed by atoms with Crippen LogP contribution in [0.2, 0.25) is 0 Å². The molecule has 0 spiro atoms. The zero-order valence-corrected chi connectivity index (χ0v) is 9.68. The van der Waals surface area contributed by atoms with Gasteiger partial charge in [0.2, 0.25) is 0 Å². The van der Waals surface area contributed by atoms with E-state index in [1.54, 1.807) is 0 Å². The van der Waals surface area contributed by atoms with Crippen LogP contribution in [0.4, 0.5) is 8.78 Å². The van der Waals surface area contributed by atoms with Crippen molar-refractivity contribution in [2.45, 2.75) is 18.7 Å². The average Bonchev–Trinajstić information content (AvgIpc) is 2.30. The van der Waals surface area contributed by atoms with Crippen LogP contribution in [-0.4, -0.2) is 18.1 Å². The number of aromatic amines is 1. The number of nitrogens with one attached hydrogen (secondary N) is 1. The third kappa shape index (κ3) is 3.26. The SMILES string of the molecule is COC(=O)Cc1c(C(F)F)[nH]c(CCl)cc1=O. The van der Waals surface area contributed by atoms with Gasteiger partial charge in [-0.05, 0) is 0 Å². The molecule has 1 heterocycles. The van der Waals surface area contributed by atoms with E-state index in [1.165, 1.54) is 0 Å². The van der Waals surface area contributed by atoms with E-state index in [0.29, 0.717) is 0 Å². The van der Waals surface area contributed by atoms with Gasteiger partial charge < -0.3 is 9.72 Å². The lowest BCUT2D eigenvalue weighted by atomic mass is 10.1. The standard InChI is InChI=1S/C10H10ClF2NO3/c1-17-8(16)3-6-7(15)2-5(4-11)14-9(6)10(12)13/h2,10H,3-4H2,1H3,(H,14,15). The summed E-state index contributed by atoms with van der Waals surface area (Å²) in [5.41, 5.74) is -1.35. The Hall–Kier alpha value is -1.43. The van der Waals surface area contributed by atoms with Crippen LogP contribution >= 0.6 is 11.6 Å². The second kappa shape index (κ2) is 5.77. The quantitative estimate of drug-likeness (QED) is 0.667. The minimum Gasteiger partial charge on any atom is -0.469 e. The molecule has 0 fully saturated rings. The van der Waals surface area contributed by atoms with Crippen LogP contribution in [0.5, 0.6) is 0 Å². The number of hydrogen-bond acceptors (Lipinski definition) is 3. The third-order valence-corrected chi connectivity index (χ3v) is 2.42. The number of esters is 1. The molecular formula is C10H10ClF2NO3. The molecule has 0 unspecified atom stereocenters. The summed E-state index contributed by atoms with van der Waals surface area (Å²) >= 11 is 5.45. The number of aromatic nitrogens is 1. The van der Waals surface area contributed by atoms with Gasteiger partial charge in [0.25, 0.3) is 6.43 Å². The Morgan fingerprint density at radius 1 is 1.59 bits per heavy atom. The van der Waals surface area contributed by atoms with Gasteiger partial charge in [-0.25, -0.2) is 8.78 Å². The zero-order chi connectivity index (χ0) is 13.0. The van der Waals surface area contributed by atoms with E-state index >= 15 is 0 Å². The first-order chi connectivity index (χ1) is 7.99. The van der Waals surface area contributed by atoms with Crippen LogP contribution < -0.4 is 5.43 Å². The highest BCUT2D eigenvalue weighted by Crippen LogP contribution is 2.20. The first kappa shape index (κ1) is 13.6. The molecule has 0 bridgehead atoms. The van der Waals surface area contributed by atoms with E-state index in [9.17, 15) is 18.4 Å². The highest BCUT2D eigenvalue weighted by atomic mass is 35.5. The molecule has 1 rings (SSSR count). The molecule has 0 aliphatic rings. The highest BCUT2D eigenvalue weighted by Gasteiger charge is 2.20. The van der Waals surface area contributed by atoms with Crippen LogP contribution in [0.1, 0.15) is 23.4 Å². The smallest absolute Gasteiger partial charge is 0.310 e. The maximum atomic E-state index is 12.7. The summed E-state index contributed by atoms with van der Waals surface area (Å²) in [6.07, 6.45) is -3.38. The van der Waals surface area contributed by atoms with Gasteiger partial charge in [-0.15, -0.1) is 11.6 Å². The van der Waals surface area contributed by atoms with E-state index in [4.69, 9.17) is 11.6 Å². The predicted octanol–water partition coefficient (Wildman–Crippen LogP) is 1.77. The Kier molecular flexibility index (Phi) is 4.62. The van der Waals surface area contributed by atoms with E-state index < -0.39 is 29.9 Å². The second-order valence-electron chi connectivity index (χ2n) is 3.24. The molecule has 0 amide bonds. The van der Waals surface area contributed by atoms with Crippen LogP contribution in [-0.2, 0) is 21.8 Å². The molecular weight excluding hydrogens is 256 g/mol. The molecule has 0 saturated carbocycles. The topological polar surface area (TPSA) is 59.2 Å². The van der Waals surface area contributed by atoms with Crippen molar-refractivity contribution in [3.63, 3.8) is 0 Å². The molecule has 0 aliphatic carbocycles. The van der Waals surface area contributed by atoms with E-state index in [2.05, 4.69) is 9.72 Å². The second-order valence-corrected chi connectivity index (χ2v) is 3.51. The molecule has 7 heteroatoms. The minimum atomic E-state index is -2.88. The number of halogens is 3. The number of hydrogen-bond donors (Lipinski definition) is 1. The molecule has 0 radical (unpaired) electrons. The van der Waals surface area contributed by atoms with Crippen LogP contribution in [0.3, 0.4) is 0 Å². The summed E-state index contributed by atoms with van der Waals surface area (Å²) in [4.78, 5) is 24.9. The number of pyridine rings is 1. The molecule has 1 N–H and O–H groups in total. The predicted molar refractivity (Wildman–Crippen MR) is 57.3 cm³/mol. The maximum absolute atomic E-state index is 12.7. The van der Waals surface area contributed by atoms with Crippen molar-refractivity contribution in [3.8, 4) is 0 Å². The van der Waals surface area contributed by atoms with Crippen LogP contribution in [0.25, 0.3) is 0 Å². The Balaban J connectivity index is 3.27. The van der Waals surface area contributed by atoms with Crippen molar-refractivity contribution in [1.82, 2.24) is 4.98 Å². The molecule has 0 aromatic carbocycles. The summed E-state index contributed by atoms with van der Waals surface area (Å²) < 4.78 is 29.8. The first-order valence-electron chi connectivity index (χ1n) is 4.65. The van der Waals surface area contributed by atoms with Crippen molar-refractivity contribution < 1.29 is 18.3 Å². The van der Waals surface area contributed by atoms with Crippen LogP contribution in [0, 0.1) is 0 Å². The van der Waals surface area contributed by atoms with Crippen molar-refractivity contribution in [3.05, 3.63) is 33.2 Å². The van der Waals surface area contributed by atoms with Gasteiger partial charge in [-0.1, -0.05) is 0 Å². The summed E-state index contributed by atoms with van der Waals surface area (Å²) in [7, 11) is 1.12. The van der Waals surface area contributed by atoms with Crippen molar-refractivity contribution in [2.24, 2.45) is 0 Å².